The Morgan fingerprint density at radius 1 is 1.44 bits per heavy atom. The molecule has 0 aromatic carbocycles. The Kier molecular flexibility index (Phi) is 3.05. The third-order valence-electron chi connectivity index (χ3n) is 1.93. The monoisotopic (exact) mass is 126 g/mol. The molecule has 0 unspecified atom stereocenters. The van der Waals surface area contributed by atoms with Crippen LogP contribution >= 0.6 is 0 Å². The highest BCUT2D eigenvalue weighted by Gasteiger charge is 2.10. The first-order valence-corrected chi connectivity index (χ1v) is 3.98. The average Bonchev–Trinajstić information content (AvgIpc) is 1.91. The average molecular weight is 126 g/mol. The van der Waals surface area contributed by atoms with Gasteiger partial charge in [-0.3, -0.25) is 0 Å². The van der Waals surface area contributed by atoms with Crippen LogP contribution in [0, 0.1) is 6.42 Å². The molecular weight excluding hydrogens is 110 g/mol. The second-order valence-corrected chi connectivity index (χ2v) is 2.70. The first-order chi connectivity index (χ1) is 4.43. The molecule has 1 radical (unpaired) electrons. The third-order valence-corrected chi connectivity index (χ3v) is 1.93. The van der Waals surface area contributed by atoms with Crippen molar-refractivity contribution < 1.29 is 0 Å². The molecule has 0 spiro atoms. The first-order valence-electron chi connectivity index (χ1n) is 3.98. The molecule has 1 nitrogen and oxygen atoms in total. The van der Waals surface area contributed by atoms with Crippen LogP contribution in [-0.2, 0) is 0 Å². The van der Waals surface area contributed by atoms with Gasteiger partial charge in [0.1, 0.15) is 0 Å². The van der Waals surface area contributed by atoms with Gasteiger partial charge in [0.25, 0.3) is 0 Å². The zero-order chi connectivity index (χ0) is 6.53. The molecular formula is C8H16N. The Labute approximate surface area is 57.8 Å². The maximum Gasteiger partial charge on any atom is 0.00671 e. The fourth-order valence-corrected chi connectivity index (χ4v) is 1.42. The van der Waals surface area contributed by atoms with Gasteiger partial charge < -0.3 is 5.32 Å². The van der Waals surface area contributed by atoms with Crippen molar-refractivity contribution >= 4 is 0 Å². The van der Waals surface area contributed by atoms with Crippen LogP contribution in [0.2, 0.25) is 0 Å². The summed E-state index contributed by atoms with van der Waals surface area (Å²) < 4.78 is 0. The molecule has 1 heteroatoms. The van der Waals surface area contributed by atoms with Crippen LogP contribution in [0.3, 0.4) is 0 Å². The lowest BCUT2D eigenvalue weighted by Crippen LogP contribution is -2.30. The van der Waals surface area contributed by atoms with Crippen molar-refractivity contribution in [3.63, 3.8) is 0 Å². The molecule has 1 fully saturated rings. The number of nitrogens with one attached hydrogen (secondary N) is 1. The van der Waals surface area contributed by atoms with Crippen LogP contribution in [0.1, 0.15) is 32.6 Å². The van der Waals surface area contributed by atoms with Gasteiger partial charge in [-0.05, 0) is 38.6 Å². The van der Waals surface area contributed by atoms with Crippen molar-refractivity contribution in [2.75, 3.05) is 6.54 Å². The van der Waals surface area contributed by atoms with E-state index in [9.17, 15) is 0 Å². The third kappa shape index (κ3) is 2.35. The van der Waals surface area contributed by atoms with Crippen molar-refractivity contribution in [2.45, 2.75) is 38.6 Å². The zero-order valence-electron chi connectivity index (χ0n) is 6.19. The van der Waals surface area contributed by atoms with Gasteiger partial charge in [-0.25, -0.2) is 0 Å². The molecule has 1 aliphatic rings. The van der Waals surface area contributed by atoms with E-state index in [1.54, 1.807) is 0 Å². The van der Waals surface area contributed by atoms with E-state index in [0.29, 0.717) is 0 Å². The topological polar surface area (TPSA) is 12.0 Å². The summed E-state index contributed by atoms with van der Waals surface area (Å²) in [5, 5.41) is 3.46. The summed E-state index contributed by atoms with van der Waals surface area (Å²) in [5.74, 6) is 0. The Morgan fingerprint density at radius 3 is 2.67 bits per heavy atom. The van der Waals surface area contributed by atoms with Crippen molar-refractivity contribution in [1.29, 1.82) is 0 Å². The van der Waals surface area contributed by atoms with Crippen LogP contribution in [0.15, 0.2) is 0 Å². The lowest BCUT2D eigenvalue weighted by atomic mass is 9.96. The smallest absolute Gasteiger partial charge is 0.00671 e. The van der Waals surface area contributed by atoms with E-state index >= 15 is 0 Å². The lowest BCUT2D eigenvalue weighted by Gasteiger charge is -2.21. The highest BCUT2D eigenvalue weighted by molar-refractivity contribution is 4.80. The lowest BCUT2D eigenvalue weighted by molar-refractivity contribution is 0.424. The van der Waals surface area contributed by atoms with Crippen LogP contribution < -0.4 is 5.32 Å². The quantitative estimate of drug-likeness (QED) is 0.594. The van der Waals surface area contributed by atoms with Gasteiger partial charge in [0.15, 0.2) is 0 Å². The normalized spacial score (nSPS) is 22.3. The van der Waals surface area contributed by atoms with Gasteiger partial charge in [0.2, 0.25) is 0 Å². The molecule has 1 N–H and O–H groups in total. The standard InChI is InChI=1S/C8H16N/c1-2-9-8-6-4-3-5-7-8/h3,8-9H,2,4-7H2,1H3. The molecule has 0 atom stereocenters. The molecule has 0 saturated heterocycles. The molecule has 0 bridgehead atoms. The second kappa shape index (κ2) is 3.89. The van der Waals surface area contributed by atoms with Crippen molar-refractivity contribution in [3.05, 3.63) is 6.42 Å². The van der Waals surface area contributed by atoms with Gasteiger partial charge in [0, 0.05) is 6.04 Å². The molecule has 0 aliphatic heterocycles. The van der Waals surface area contributed by atoms with Gasteiger partial charge in [0.05, 0.1) is 0 Å². The molecule has 1 saturated carbocycles. The summed E-state index contributed by atoms with van der Waals surface area (Å²) in [6.07, 6.45) is 7.74. The van der Waals surface area contributed by atoms with Crippen molar-refractivity contribution in [1.82, 2.24) is 5.32 Å². The molecule has 1 aliphatic carbocycles. The minimum Gasteiger partial charge on any atom is -0.314 e. The van der Waals surface area contributed by atoms with E-state index in [0.717, 1.165) is 12.6 Å². The predicted molar refractivity (Wildman–Crippen MR) is 40.2 cm³/mol. The van der Waals surface area contributed by atoms with Gasteiger partial charge in [-0.2, -0.15) is 0 Å². The second-order valence-electron chi connectivity index (χ2n) is 2.70. The van der Waals surface area contributed by atoms with Crippen LogP contribution in [-0.4, -0.2) is 12.6 Å². The predicted octanol–water partition coefficient (Wildman–Crippen LogP) is 1.74. The molecule has 9 heavy (non-hydrogen) atoms. The minimum absolute atomic E-state index is 0.819. The molecule has 53 valence electrons. The maximum absolute atomic E-state index is 3.46. The first kappa shape index (κ1) is 7.07. The summed E-state index contributed by atoms with van der Waals surface area (Å²) in [7, 11) is 0. The van der Waals surface area contributed by atoms with Gasteiger partial charge >= 0.3 is 0 Å². The molecule has 0 amide bonds. The van der Waals surface area contributed by atoms with E-state index in [1.165, 1.54) is 25.7 Å². The highest BCUT2D eigenvalue weighted by Crippen LogP contribution is 2.15. The summed E-state index contributed by atoms with van der Waals surface area (Å²) >= 11 is 0. The number of rotatable bonds is 2. The van der Waals surface area contributed by atoms with E-state index in [-0.39, 0.29) is 0 Å². The number of hydrogen-bond acceptors (Lipinski definition) is 1. The summed E-state index contributed by atoms with van der Waals surface area (Å²) in [4.78, 5) is 0. The Bertz CT molecular complexity index is 62.2. The highest BCUT2D eigenvalue weighted by atomic mass is 14.9. The fourth-order valence-electron chi connectivity index (χ4n) is 1.42. The van der Waals surface area contributed by atoms with E-state index < -0.39 is 0 Å². The SMILES string of the molecule is CCNC1CC[CH]CC1. The van der Waals surface area contributed by atoms with E-state index in [1.807, 2.05) is 0 Å². The molecule has 0 aromatic rings. The summed E-state index contributed by atoms with van der Waals surface area (Å²) in [5.41, 5.74) is 0. The Morgan fingerprint density at radius 2 is 2.11 bits per heavy atom. The van der Waals surface area contributed by atoms with Crippen LogP contribution in [0.4, 0.5) is 0 Å². The van der Waals surface area contributed by atoms with Crippen molar-refractivity contribution in [3.8, 4) is 0 Å². The van der Waals surface area contributed by atoms with Gasteiger partial charge in [-0.1, -0.05) is 6.92 Å². The van der Waals surface area contributed by atoms with E-state index in [4.69, 9.17) is 0 Å². The molecule has 0 heterocycles. The van der Waals surface area contributed by atoms with E-state index in [2.05, 4.69) is 18.7 Å². The minimum atomic E-state index is 0.819. The van der Waals surface area contributed by atoms with Gasteiger partial charge in [-0.15, -0.1) is 0 Å². The summed E-state index contributed by atoms with van der Waals surface area (Å²) in [6, 6.07) is 0.819. The van der Waals surface area contributed by atoms with Crippen LogP contribution in [0.5, 0.6) is 0 Å². The number of hydrogen-bond donors (Lipinski definition) is 1. The van der Waals surface area contributed by atoms with Crippen molar-refractivity contribution in [2.24, 2.45) is 0 Å². The van der Waals surface area contributed by atoms with Crippen LogP contribution in [0.25, 0.3) is 0 Å². The molecule has 1 rings (SSSR count). The Balaban J connectivity index is 2.08. The Hall–Kier alpha value is -0.0400. The maximum atomic E-state index is 3.46. The zero-order valence-corrected chi connectivity index (χ0v) is 6.19. The largest absolute Gasteiger partial charge is 0.314 e. The molecule has 0 aromatic heterocycles. The summed E-state index contributed by atoms with van der Waals surface area (Å²) in [6.45, 7) is 3.31. The fraction of sp³-hybridized carbons (Fsp3) is 0.875.